The van der Waals surface area contributed by atoms with Crippen molar-refractivity contribution in [3.8, 4) is 11.8 Å². The highest BCUT2D eigenvalue weighted by Crippen LogP contribution is 2.47. The van der Waals surface area contributed by atoms with Gasteiger partial charge in [0.15, 0.2) is 5.78 Å². The smallest absolute Gasteiger partial charge is 0.176 e. The SMILES string of the molecule is CC1C(=O)C(C#N)=CC2c3nc(C4CCCCC4)n(-c4ccccc4)c3CCC12. The maximum atomic E-state index is 12.5. The normalized spacial score (nSPS) is 27.0. The third-order valence-corrected chi connectivity index (χ3v) is 7.29. The molecule has 1 fully saturated rings. The van der Waals surface area contributed by atoms with E-state index in [1.54, 1.807) is 0 Å². The summed E-state index contributed by atoms with van der Waals surface area (Å²) >= 11 is 0. The van der Waals surface area contributed by atoms with E-state index in [0.717, 1.165) is 18.5 Å². The number of nitriles is 1. The third kappa shape index (κ3) is 2.95. The number of Topliss-reactive ketones (excluding diaryl/α,β-unsaturated/α-hetero) is 1. The van der Waals surface area contributed by atoms with Crippen molar-refractivity contribution in [2.45, 2.75) is 63.7 Å². The minimum Gasteiger partial charge on any atom is -0.300 e. The summed E-state index contributed by atoms with van der Waals surface area (Å²) in [5.41, 5.74) is 3.90. The standard InChI is InChI=1S/C25H27N3O/c1-16-20-12-13-22-23(21(20)14-18(15-26)24(16)29)27-25(17-8-4-2-5-9-17)28(22)19-10-6-3-7-11-19/h3,6-7,10-11,14,16-17,20-21H,2,4-5,8-9,12-13H2,1H3. The van der Waals surface area contributed by atoms with Crippen molar-refractivity contribution < 1.29 is 4.79 Å². The van der Waals surface area contributed by atoms with E-state index in [0.29, 0.717) is 11.5 Å². The van der Waals surface area contributed by atoms with Crippen LogP contribution in [-0.2, 0) is 11.2 Å². The van der Waals surface area contributed by atoms with Crippen LogP contribution in [0.3, 0.4) is 0 Å². The fourth-order valence-corrected chi connectivity index (χ4v) is 5.74. The molecule has 3 aliphatic carbocycles. The van der Waals surface area contributed by atoms with Crippen molar-refractivity contribution in [1.82, 2.24) is 9.55 Å². The molecular weight excluding hydrogens is 358 g/mol. The molecular formula is C25H27N3O. The van der Waals surface area contributed by atoms with Crippen LogP contribution in [0.25, 0.3) is 5.69 Å². The molecule has 5 rings (SSSR count). The van der Waals surface area contributed by atoms with Gasteiger partial charge in [-0.15, -0.1) is 0 Å². The Balaban J connectivity index is 1.68. The highest BCUT2D eigenvalue weighted by molar-refractivity contribution is 6.01. The number of allylic oxidation sites excluding steroid dienone is 2. The van der Waals surface area contributed by atoms with Crippen molar-refractivity contribution in [3.05, 3.63) is 59.2 Å². The Labute approximate surface area is 172 Å². The predicted molar refractivity (Wildman–Crippen MR) is 112 cm³/mol. The summed E-state index contributed by atoms with van der Waals surface area (Å²) in [6.07, 6.45) is 10.1. The van der Waals surface area contributed by atoms with Gasteiger partial charge in [-0.2, -0.15) is 5.26 Å². The number of benzene rings is 1. The van der Waals surface area contributed by atoms with E-state index in [2.05, 4.69) is 41.0 Å². The van der Waals surface area contributed by atoms with E-state index < -0.39 is 0 Å². The molecule has 1 heterocycles. The summed E-state index contributed by atoms with van der Waals surface area (Å²) < 4.78 is 2.41. The van der Waals surface area contributed by atoms with Crippen LogP contribution in [0.5, 0.6) is 0 Å². The summed E-state index contributed by atoms with van der Waals surface area (Å²) in [7, 11) is 0. The highest BCUT2D eigenvalue weighted by atomic mass is 16.1. The lowest BCUT2D eigenvalue weighted by Gasteiger charge is -2.36. The van der Waals surface area contributed by atoms with Gasteiger partial charge in [0, 0.05) is 29.1 Å². The summed E-state index contributed by atoms with van der Waals surface area (Å²) in [5.74, 6) is 1.92. The Bertz CT molecular complexity index is 1000. The van der Waals surface area contributed by atoms with Gasteiger partial charge in [-0.25, -0.2) is 4.98 Å². The molecule has 0 N–H and O–H groups in total. The number of carbonyl (C=O) groups excluding carboxylic acids is 1. The van der Waals surface area contributed by atoms with Gasteiger partial charge >= 0.3 is 0 Å². The molecule has 2 aromatic rings. The monoisotopic (exact) mass is 385 g/mol. The molecule has 4 heteroatoms. The second kappa shape index (κ2) is 7.30. The van der Waals surface area contributed by atoms with E-state index >= 15 is 0 Å². The average Bonchev–Trinajstić information content (AvgIpc) is 3.17. The first-order chi connectivity index (χ1) is 14.2. The lowest BCUT2D eigenvalue weighted by Crippen LogP contribution is -2.34. The number of para-hydroxylation sites is 1. The fourth-order valence-electron chi connectivity index (χ4n) is 5.74. The molecule has 0 bridgehead atoms. The Morgan fingerprint density at radius 2 is 1.86 bits per heavy atom. The topological polar surface area (TPSA) is 58.7 Å². The first kappa shape index (κ1) is 18.4. The van der Waals surface area contributed by atoms with E-state index in [4.69, 9.17) is 4.98 Å². The average molecular weight is 386 g/mol. The Morgan fingerprint density at radius 3 is 2.59 bits per heavy atom. The number of hydrogen-bond donors (Lipinski definition) is 0. The number of hydrogen-bond acceptors (Lipinski definition) is 3. The summed E-state index contributed by atoms with van der Waals surface area (Å²) in [4.78, 5) is 17.8. The molecule has 4 nitrogen and oxygen atoms in total. The van der Waals surface area contributed by atoms with E-state index in [1.165, 1.54) is 49.3 Å². The molecule has 148 valence electrons. The zero-order valence-corrected chi connectivity index (χ0v) is 17.0. The maximum absolute atomic E-state index is 12.5. The number of rotatable bonds is 2. The Hall–Kier alpha value is -2.67. The highest BCUT2D eigenvalue weighted by Gasteiger charge is 2.43. The number of aromatic nitrogens is 2. The van der Waals surface area contributed by atoms with Gasteiger partial charge in [0.05, 0.1) is 11.3 Å². The van der Waals surface area contributed by atoms with Crippen molar-refractivity contribution in [3.63, 3.8) is 0 Å². The molecule has 0 amide bonds. The first-order valence-corrected chi connectivity index (χ1v) is 11.0. The lowest BCUT2D eigenvalue weighted by molar-refractivity contribution is -0.120. The van der Waals surface area contributed by atoms with Gasteiger partial charge in [-0.3, -0.25) is 4.79 Å². The van der Waals surface area contributed by atoms with Gasteiger partial charge in [0.25, 0.3) is 0 Å². The van der Waals surface area contributed by atoms with Crippen LogP contribution in [0, 0.1) is 23.2 Å². The Morgan fingerprint density at radius 1 is 1.10 bits per heavy atom. The third-order valence-electron chi connectivity index (χ3n) is 7.29. The van der Waals surface area contributed by atoms with Crippen molar-refractivity contribution in [2.24, 2.45) is 11.8 Å². The second-order valence-electron chi connectivity index (χ2n) is 8.88. The number of carbonyl (C=O) groups is 1. The molecule has 29 heavy (non-hydrogen) atoms. The van der Waals surface area contributed by atoms with Crippen molar-refractivity contribution >= 4 is 5.78 Å². The summed E-state index contributed by atoms with van der Waals surface area (Å²) in [6.45, 7) is 1.99. The van der Waals surface area contributed by atoms with Gasteiger partial charge in [-0.05, 0) is 43.7 Å². The number of fused-ring (bicyclic) bond motifs is 3. The van der Waals surface area contributed by atoms with Gasteiger partial charge < -0.3 is 4.57 Å². The zero-order valence-electron chi connectivity index (χ0n) is 17.0. The van der Waals surface area contributed by atoms with Gasteiger partial charge in [0.2, 0.25) is 0 Å². The molecule has 1 aromatic heterocycles. The van der Waals surface area contributed by atoms with E-state index in [9.17, 15) is 10.1 Å². The van der Waals surface area contributed by atoms with Crippen LogP contribution in [0.15, 0.2) is 42.0 Å². The quantitative estimate of drug-likeness (QED) is 0.711. The lowest BCUT2D eigenvalue weighted by atomic mass is 9.67. The van der Waals surface area contributed by atoms with E-state index in [1.807, 2.05) is 13.0 Å². The van der Waals surface area contributed by atoms with Crippen LogP contribution in [-0.4, -0.2) is 15.3 Å². The molecule has 1 saturated carbocycles. The zero-order chi connectivity index (χ0) is 20.0. The van der Waals surface area contributed by atoms with Crippen molar-refractivity contribution in [2.75, 3.05) is 0 Å². The molecule has 0 saturated heterocycles. The van der Waals surface area contributed by atoms with Crippen LogP contribution < -0.4 is 0 Å². The maximum Gasteiger partial charge on any atom is 0.176 e. The van der Waals surface area contributed by atoms with Crippen LogP contribution in [0.4, 0.5) is 0 Å². The van der Waals surface area contributed by atoms with Crippen LogP contribution in [0.1, 0.15) is 74.5 Å². The first-order valence-electron chi connectivity index (χ1n) is 11.0. The molecule has 0 aliphatic heterocycles. The Kier molecular flexibility index (Phi) is 4.62. The molecule has 3 aliphatic rings. The van der Waals surface area contributed by atoms with Crippen LogP contribution >= 0.6 is 0 Å². The molecule has 0 spiro atoms. The minimum absolute atomic E-state index is 0.00666. The largest absolute Gasteiger partial charge is 0.300 e. The summed E-state index contributed by atoms with van der Waals surface area (Å²) in [5, 5.41) is 9.49. The number of ketones is 1. The fraction of sp³-hybridized carbons (Fsp3) is 0.480. The molecule has 3 unspecified atom stereocenters. The van der Waals surface area contributed by atoms with Gasteiger partial charge in [-0.1, -0.05) is 50.5 Å². The van der Waals surface area contributed by atoms with E-state index in [-0.39, 0.29) is 23.5 Å². The number of nitrogens with zero attached hydrogens (tertiary/aromatic N) is 3. The minimum atomic E-state index is -0.104. The molecule has 0 radical (unpaired) electrons. The molecule has 3 atom stereocenters. The number of imidazole rings is 1. The van der Waals surface area contributed by atoms with Crippen molar-refractivity contribution in [1.29, 1.82) is 5.26 Å². The summed E-state index contributed by atoms with van der Waals surface area (Å²) in [6, 6.07) is 12.7. The predicted octanol–water partition coefficient (Wildman–Crippen LogP) is 5.23. The molecule has 1 aromatic carbocycles. The van der Waals surface area contributed by atoms with Crippen LogP contribution in [0.2, 0.25) is 0 Å². The second-order valence-corrected chi connectivity index (χ2v) is 8.88. The van der Waals surface area contributed by atoms with Gasteiger partial charge in [0.1, 0.15) is 11.9 Å².